The Morgan fingerprint density at radius 1 is 0.586 bits per heavy atom. The number of hydrogen-bond donors (Lipinski definition) is 4. The molecule has 4 amide bonds. The Morgan fingerprint density at radius 3 is 1.38 bits per heavy atom. The molecular weight excluding hydrogens is 738 g/mol. The highest BCUT2D eigenvalue weighted by molar-refractivity contribution is 5.99. The molecule has 298 valence electrons. The van der Waals surface area contributed by atoms with Crippen molar-refractivity contribution >= 4 is 40.7 Å². The number of halogens is 1. The number of likely N-dealkylation sites (tertiary alicyclic amines) is 2. The number of aliphatic hydroxyl groups is 2. The molecule has 0 radical (unpaired) electrons. The van der Waals surface area contributed by atoms with Gasteiger partial charge in [-0.2, -0.15) is 0 Å². The largest absolute Gasteiger partial charge is 0.378 e. The third-order valence-corrected chi connectivity index (χ3v) is 10.8. The number of amides is 4. The van der Waals surface area contributed by atoms with Crippen molar-refractivity contribution in [3.8, 4) is 0 Å². The van der Waals surface area contributed by atoms with E-state index in [2.05, 4.69) is 15.5 Å². The summed E-state index contributed by atoms with van der Waals surface area (Å²) in [4.78, 5) is 58.0. The molecule has 11 nitrogen and oxygen atoms in total. The van der Waals surface area contributed by atoms with Crippen LogP contribution >= 0.6 is 0 Å². The summed E-state index contributed by atoms with van der Waals surface area (Å²) < 4.78 is 13.9. The fraction of sp³-hybridized carbons (Fsp3) is 0.261. The minimum absolute atomic E-state index is 0.317. The Hall–Kier alpha value is -6.37. The molecule has 2 aliphatic rings. The van der Waals surface area contributed by atoms with Crippen LogP contribution in [0.5, 0.6) is 0 Å². The lowest BCUT2D eigenvalue weighted by Gasteiger charge is -2.27. The van der Waals surface area contributed by atoms with Gasteiger partial charge in [0.05, 0.1) is 0 Å². The Labute approximate surface area is 336 Å². The zero-order valence-corrected chi connectivity index (χ0v) is 31.9. The minimum atomic E-state index is -1.34. The van der Waals surface area contributed by atoms with Crippen molar-refractivity contribution in [1.82, 2.24) is 9.80 Å². The van der Waals surface area contributed by atoms with Gasteiger partial charge in [-0.1, -0.05) is 84.9 Å². The molecule has 2 aliphatic heterocycles. The molecule has 4 atom stereocenters. The zero-order chi connectivity index (χ0) is 40.6. The summed E-state index contributed by atoms with van der Waals surface area (Å²) in [6, 6.07) is 37.0. The average molecular weight is 784 g/mol. The highest BCUT2D eigenvalue weighted by Crippen LogP contribution is 2.28. The van der Waals surface area contributed by atoms with Crippen LogP contribution in [0.25, 0.3) is 0 Å². The van der Waals surface area contributed by atoms with Crippen LogP contribution in [0.4, 0.5) is 21.5 Å². The van der Waals surface area contributed by atoms with Gasteiger partial charge in [-0.3, -0.25) is 19.2 Å². The van der Waals surface area contributed by atoms with E-state index in [1.807, 2.05) is 24.3 Å². The maximum absolute atomic E-state index is 13.9. The maximum atomic E-state index is 13.9. The summed E-state index contributed by atoms with van der Waals surface area (Å²) in [5.74, 6) is -1.98. The normalized spacial score (nSPS) is 17.4. The molecule has 2 fully saturated rings. The van der Waals surface area contributed by atoms with Crippen molar-refractivity contribution in [2.24, 2.45) is 0 Å². The molecule has 0 bridgehead atoms. The first-order chi connectivity index (χ1) is 28.1. The lowest BCUT2D eigenvalue weighted by molar-refractivity contribution is -0.144. The average Bonchev–Trinajstić information content (AvgIpc) is 3.96. The molecule has 0 aromatic heterocycles. The fourth-order valence-electron chi connectivity index (χ4n) is 7.65. The molecule has 12 heteroatoms. The Balaban J connectivity index is 0.970. The van der Waals surface area contributed by atoms with Crippen molar-refractivity contribution < 1.29 is 33.8 Å². The number of nitrogens with zero attached hydrogens (tertiary/aromatic N) is 3. The molecule has 2 saturated heterocycles. The van der Waals surface area contributed by atoms with Crippen LogP contribution in [0.2, 0.25) is 0 Å². The van der Waals surface area contributed by atoms with E-state index in [1.54, 1.807) is 97.1 Å². The van der Waals surface area contributed by atoms with E-state index >= 15 is 0 Å². The van der Waals surface area contributed by atoms with E-state index in [4.69, 9.17) is 0 Å². The quantitative estimate of drug-likeness (QED) is 0.109. The monoisotopic (exact) mass is 783 g/mol. The lowest BCUT2D eigenvalue weighted by atomic mass is 10.1. The van der Waals surface area contributed by atoms with E-state index < -0.39 is 36.1 Å². The molecule has 58 heavy (non-hydrogen) atoms. The highest BCUT2D eigenvalue weighted by Gasteiger charge is 2.38. The summed E-state index contributed by atoms with van der Waals surface area (Å²) in [5.41, 5.74) is 4.76. The van der Waals surface area contributed by atoms with Gasteiger partial charge in [0, 0.05) is 43.2 Å². The summed E-state index contributed by atoms with van der Waals surface area (Å²) in [6.07, 6.45) is -0.378. The van der Waals surface area contributed by atoms with E-state index in [-0.39, 0.29) is 17.6 Å². The molecule has 5 aromatic carbocycles. The van der Waals surface area contributed by atoms with Crippen molar-refractivity contribution in [2.75, 3.05) is 28.6 Å². The van der Waals surface area contributed by atoms with Gasteiger partial charge in [0.15, 0.2) is 12.2 Å². The van der Waals surface area contributed by atoms with Gasteiger partial charge in [0.1, 0.15) is 17.9 Å². The molecule has 0 spiro atoms. The van der Waals surface area contributed by atoms with Crippen LogP contribution in [0.1, 0.15) is 60.1 Å². The fourth-order valence-corrected chi connectivity index (χ4v) is 7.65. The summed E-state index contributed by atoms with van der Waals surface area (Å²) >= 11 is 0. The van der Waals surface area contributed by atoms with Crippen LogP contribution in [0.15, 0.2) is 133 Å². The summed E-state index contributed by atoms with van der Waals surface area (Å²) in [5, 5.41) is 27.3. The maximum Gasteiger partial charge on any atom is 0.256 e. The van der Waals surface area contributed by atoms with Gasteiger partial charge in [0.2, 0.25) is 11.8 Å². The molecule has 4 N–H and O–H groups in total. The zero-order valence-electron chi connectivity index (χ0n) is 31.9. The van der Waals surface area contributed by atoms with Crippen LogP contribution in [0.3, 0.4) is 0 Å². The second kappa shape index (κ2) is 18.3. The van der Waals surface area contributed by atoms with Gasteiger partial charge in [-0.05, 0) is 96.5 Å². The second-order valence-corrected chi connectivity index (χ2v) is 14.7. The van der Waals surface area contributed by atoms with Crippen LogP contribution in [-0.4, -0.2) is 68.8 Å². The Bertz CT molecular complexity index is 2050. The molecule has 7 rings (SSSR count). The van der Waals surface area contributed by atoms with E-state index in [9.17, 15) is 33.8 Å². The predicted molar refractivity (Wildman–Crippen MR) is 219 cm³/mol. The van der Waals surface area contributed by atoms with Crippen molar-refractivity contribution in [2.45, 2.75) is 63.1 Å². The number of rotatable bonds is 13. The predicted octanol–water partition coefficient (Wildman–Crippen LogP) is 6.36. The number of carbonyl (C=O) groups is 4. The van der Waals surface area contributed by atoms with E-state index in [1.165, 1.54) is 21.9 Å². The van der Waals surface area contributed by atoms with Crippen molar-refractivity contribution in [1.29, 1.82) is 0 Å². The summed E-state index contributed by atoms with van der Waals surface area (Å²) in [6.45, 7) is 1.69. The third kappa shape index (κ3) is 9.42. The molecule has 0 unspecified atom stereocenters. The standard InChI is InChI=1S/C46H46FN5O6/c47-35-19-25-38(26-20-35)50(29-31-15-21-36(22-16-31)48-43(55)39-13-7-27-51(39)45(57)41(53)33-9-3-1-4-10-33)30-32-17-23-37(24-18-32)49-44(56)40-14-8-28-52(40)46(58)42(54)34-11-5-2-6-12-34/h1-6,9-12,15-26,39-42,53-54H,7-8,13-14,27-30H2,(H,48,55)(H,49,56)/t39-,40-,41+,42+/m0/s1. The Morgan fingerprint density at radius 2 is 0.983 bits per heavy atom. The van der Waals surface area contributed by atoms with E-state index in [0.717, 1.165) is 16.8 Å². The van der Waals surface area contributed by atoms with Crippen molar-refractivity contribution in [3.63, 3.8) is 0 Å². The lowest BCUT2D eigenvalue weighted by Crippen LogP contribution is -2.45. The second-order valence-electron chi connectivity index (χ2n) is 14.7. The number of aliphatic hydroxyl groups excluding tert-OH is 2. The van der Waals surface area contributed by atoms with E-state index in [0.29, 0.717) is 74.4 Å². The number of hydrogen-bond acceptors (Lipinski definition) is 7. The number of carbonyl (C=O) groups excluding carboxylic acids is 4. The first kappa shape index (κ1) is 39.8. The van der Waals surface area contributed by atoms with Crippen LogP contribution in [0, 0.1) is 5.82 Å². The molecular formula is C46H46FN5O6. The first-order valence-corrected chi connectivity index (χ1v) is 19.5. The third-order valence-electron chi connectivity index (χ3n) is 10.8. The molecule has 0 saturated carbocycles. The molecule has 2 heterocycles. The summed E-state index contributed by atoms with van der Waals surface area (Å²) in [7, 11) is 0. The number of anilines is 3. The van der Waals surface area contributed by atoms with Gasteiger partial charge in [-0.15, -0.1) is 0 Å². The topological polar surface area (TPSA) is 143 Å². The SMILES string of the molecule is O=C(Nc1ccc(CN(Cc2ccc(NC(=O)[C@@H]3CCCN3C(=O)[C@H](O)c3ccccc3)cc2)c2ccc(F)cc2)cc1)[C@@H]1CCCN1C(=O)[C@H](O)c1ccccc1. The van der Waals surface area contributed by atoms with Gasteiger partial charge >= 0.3 is 0 Å². The molecule has 0 aliphatic carbocycles. The number of nitrogens with one attached hydrogen (secondary N) is 2. The number of benzene rings is 5. The Kier molecular flexibility index (Phi) is 12.5. The van der Waals surface area contributed by atoms with Crippen LogP contribution < -0.4 is 15.5 Å². The van der Waals surface area contributed by atoms with Gasteiger partial charge in [-0.25, -0.2) is 4.39 Å². The minimum Gasteiger partial charge on any atom is -0.378 e. The molecule has 5 aromatic rings. The van der Waals surface area contributed by atoms with Crippen molar-refractivity contribution in [3.05, 3.63) is 162 Å². The first-order valence-electron chi connectivity index (χ1n) is 19.5. The smallest absolute Gasteiger partial charge is 0.256 e. The van der Waals surface area contributed by atoms with Gasteiger partial charge < -0.3 is 35.5 Å². The van der Waals surface area contributed by atoms with Gasteiger partial charge in [0.25, 0.3) is 11.8 Å². The van der Waals surface area contributed by atoms with Crippen LogP contribution in [-0.2, 0) is 32.3 Å². The highest BCUT2D eigenvalue weighted by atomic mass is 19.1.